The minimum atomic E-state index is -0.797. The minimum absolute atomic E-state index is 0.107. The van der Waals surface area contributed by atoms with Crippen molar-refractivity contribution in [2.75, 3.05) is 26.1 Å². The Balaban J connectivity index is 2.04. The summed E-state index contributed by atoms with van der Waals surface area (Å²) in [5, 5.41) is 3.31. The standard InChI is InChI=1S/C17H24ClNO4/c1-11(10-21-3)23-15-8-7-13(9-14(15)18)19-16(20)17(2,22-4)12-5-6-12/h7-9,11-12H,5-6,10H2,1-4H3,(H,19,20)/t11-,17+/m1/s1. The van der Waals surface area contributed by atoms with Crippen LogP contribution in [0.4, 0.5) is 5.69 Å². The second kappa shape index (κ2) is 7.51. The molecule has 1 amide bonds. The van der Waals surface area contributed by atoms with Gasteiger partial charge in [0.25, 0.3) is 5.91 Å². The summed E-state index contributed by atoms with van der Waals surface area (Å²) in [7, 11) is 3.19. The maximum absolute atomic E-state index is 12.5. The highest BCUT2D eigenvalue weighted by Crippen LogP contribution is 2.42. The maximum atomic E-state index is 12.5. The van der Waals surface area contributed by atoms with Crippen molar-refractivity contribution in [1.82, 2.24) is 0 Å². The number of halogens is 1. The number of benzene rings is 1. The highest BCUT2D eigenvalue weighted by molar-refractivity contribution is 6.32. The first-order valence-corrected chi connectivity index (χ1v) is 8.10. The molecule has 2 atom stereocenters. The predicted octanol–water partition coefficient (Wildman–Crippen LogP) is 3.51. The summed E-state index contributed by atoms with van der Waals surface area (Å²) in [6.07, 6.45) is 1.93. The van der Waals surface area contributed by atoms with E-state index in [1.165, 1.54) is 0 Å². The molecule has 0 saturated heterocycles. The Morgan fingerprint density at radius 3 is 2.65 bits per heavy atom. The number of rotatable bonds is 8. The van der Waals surface area contributed by atoms with E-state index in [9.17, 15) is 4.79 Å². The van der Waals surface area contributed by atoms with Crippen molar-refractivity contribution in [3.05, 3.63) is 23.2 Å². The summed E-state index contributed by atoms with van der Waals surface area (Å²) in [6.45, 7) is 4.20. The average molecular weight is 342 g/mol. The van der Waals surface area contributed by atoms with Crippen molar-refractivity contribution in [1.29, 1.82) is 0 Å². The van der Waals surface area contributed by atoms with Gasteiger partial charge in [0.2, 0.25) is 0 Å². The number of carbonyl (C=O) groups excluding carboxylic acids is 1. The van der Waals surface area contributed by atoms with Crippen molar-refractivity contribution in [3.63, 3.8) is 0 Å². The Hall–Kier alpha value is -1.30. The first-order valence-electron chi connectivity index (χ1n) is 7.72. The van der Waals surface area contributed by atoms with Gasteiger partial charge in [-0.1, -0.05) is 11.6 Å². The highest BCUT2D eigenvalue weighted by atomic mass is 35.5. The largest absolute Gasteiger partial charge is 0.487 e. The fourth-order valence-electron chi connectivity index (χ4n) is 2.49. The van der Waals surface area contributed by atoms with Crippen LogP contribution in [0.3, 0.4) is 0 Å². The molecule has 0 spiro atoms. The Morgan fingerprint density at radius 1 is 1.43 bits per heavy atom. The lowest BCUT2D eigenvalue weighted by molar-refractivity contribution is -0.138. The van der Waals surface area contributed by atoms with E-state index in [1.54, 1.807) is 32.4 Å². The third-order valence-electron chi connectivity index (χ3n) is 4.15. The van der Waals surface area contributed by atoms with Crippen molar-refractivity contribution in [3.8, 4) is 5.75 Å². The summed E-state index contributed by atoms with van der Waals surface area (Å²) in [6, 6.07) is 5.18. The van der Waals surface area contributed by atoms with Crippen LogP contribution in [-0.2, 0) is 14.3 Å². The lowest BCUT2D eigenvalue weighted by atomic mass is 9.99. The molecule has 0 radical (unpaired) electrons. The molecule has 2 rings (SSSR count). The monoisotopic (exact) mass is 341 g/mol. The van der Waals surface area contributed by atoms with Crippen molar-refractivity contribution in [2.24, 2.45) is 5.92 Å². The second-order valence-electron chi connectivity index (χ2n) is 6.07. The van der Waals surface area contributed by atoms with Crippen LogP contribution in [0.1, 0.15) is 26.7 Å². The van der Waals surface area contributed by atoms with Crippen LogP contribution >= 0.6 is 11.6 Å². The first kappa shape index (κ1) is 18.0. The lowest BCUT2D eigenvalue weighted by Gasteiger charge is -2.26. The predicted molar refractivity (Wildman–Crippen MR) is 90.2 cm³/mol. The van der Waals surface area contributed by atoms with Gasteiger partial charge in [0, 0.05) is 19.9 Å². The Morgan fingerprint density at radius 2 is 2.13 bits per heavy atom. The zero-order chi connectivity index (χ0) is 17.0. The topological polar surface area (TPSA) is 56.8 Å². The van der Waals surface area contributed by atoms with E-state index in [-0.39, 0.29) is 17.9 Å². The van der Waals surface area contributed by atoms with Gasteiger partial charge >= 0.3 is 0 Å². The Labute approximate surface area is 142 Å². The molecule has 1 aromatic carbocycles. The van der Waals surface area contributed by atoms with Gasteiger partial charge in [-0.3, -0.25) is 4.79 Å². The number of hydrogen-bond donors (Lipinski definition) is 1. The second-order valence-corrected chi connectivity index (χ2v) is 6.48. The average Bonchev–Trinajstić information content (AvgIpc) is 3.34. The molecule has 6 heteroatoms. The quantitative estimate of drug-likeness (QED) is 0.786. The van der Waals surface area contributed by atoms with Gasteiger partial charge in [-0.25, -0.2) is 0 Å². The van der Waals surface area contributed by atoms with Gasteiger partial charge in [-0.15, -0.1) is 0 Å². The SMILES string of the molecule is COC[C@@H](C)Oc1ccc(NC(=O)[C@@](C)(OC)C2CC2)cc1Cl. The number of ether oxygens (including phenoxy) is 3. The normalized spacial score (nSPS) is 18.1. The summed E-state index contributed by atoms with van der Waals surface area (Å²) in [4.78, 5) is 12.5. The molecular weight excluding hydrogens is 318 g/mol. The molecule has 128 valence electrons. The Kier molecular flexibility index (Phi) is 5.89. The number of amides is 1. The Bertz CT molecular complexity index is 562. The highest BCUT2D eigenvalue weighted by Gasteiger charge is 2.47. The van der Waals surface area contributed by atoms with Crippen LogP contribution in [0, 0.1) is 5.92 Å². The van der Waals surface area contributed by atoms with Gasteiger partial charge < -0.3 is 19.5 Å². The molecule has 0 unspecified atom stereocenters. The molecule has 1 aliphatic rings. The molecule has 1 saturated carbocycles. The molecule has 1 aromatic rings. The van der Waals surface area contributed by atoms with Gasteiger partial charge in [-0.2, -0.15) is 0 Å². The number of nitrogens with one attached hydrogen (secondary N) is 1. The van der Waals surface area contributed by atoms with Gasteiger partial charge in [-0.05, 0) is 50.8 Å². The van der Waals surface area contributed by atoms with Crippen molar-refractivity contribution in [2.45, 2.75) is 38.4 Å². The molecular formula is C17H24ClNO4. The summed E-state index contributed by atoms with van der Waals surface area (Å²) in [5.41, 5.74) is -0.176. The first-order chi connectivity index (χ1) is 10.9. The summed E-state index contributed by atoms with van der Waals surface area (Å²) in [5.74, 6) is 0.686. The number of hydrogen-bond acceptors (Lipinski definition) is 4. The van der Waals surface area contributed by atoms with E-state index >= 15 is 0 Å². The van der Waals surface area contributed by atoms with Crippen LogP contribution in [0.2, 0.25) is 5.02 Å². The molecule has 23 heavy (non-hydrogen) atoms. The maximum Gasteiger partial charge on any atom is 0.256 e. The number of carbonyl (C=O) groups is 1. The molecule has 0 heterocycles. The van der Waals surface area contributed by atoms with E-state index < -0.39 is 5.60 Å². The third-order valence-corrected chi connectivity index (χ3v) is 4.45. The van der Waals surface area contributed by atoms with E-state index in [2.05, 4.69) is 5.32 Å². The van der Waals surface area contributed by atoms with Crippen LogP contribution in [0.5, 0.6) is 5.75 Å². The third kappa shape index (κ3) is 4.37. The van der Waals surface area contributed by atoms with Crippen LogP contribution in [0.25, 0.3) is 0 Å². The van der Waals surface area contributed by atoms with Crippen LogP contribution in [-0.4, -0.2) is 38.4 Å². The van der Waals surface area contributed by atoms with Crippen LogP contribution < -0.4 is 10.1 Å². The number of methoxy groups -OCH3 is 2. The number of anilines is 1. The smallest absolute Gasteiger partial charge is 0.256 e. The van der Waals surface area contributed by atoms with Gasteiger partial charge in [0.15, 0.2) is 0 Å². The van der Waals surface area contributed by atoms with E-state index in [0.29, 0.717) is 23.1 Å². The molecule has 0 aliphatic heterocycles. The van der Waals surface area contributed by atoms with Gasteiger partial charge in [0.1, 0.15) is 17.5 Å². The summed E-state index contributed by atoms with van der Waals surface area (Å²) < 4.78 is 16.2. The lowest BCUT2D eigenvalue weighted by Crippen LogP contribution is -2.44. The molecule has 0 aromatic heterocycles. The minimum Gasteiger partial charge on any atom is -0.487 e. The molecule has 5 nitrogen and oxygen atoms in total. The fraction of sp³-hybridized carbons (Fsp3) is 0.588. The van der Waals surface area contributed by atoms with E-state index in [4.69, 9.17) is 25.8 Å². The van der Waals surface area contributed by atoms with E-state index in [0.717, 1.165) is 12.8 Å². The van der Waals surface area contributed by atoms with Crippen molar-refractivity contribution >= 4 is 23.2 Å². The van der Waals surface area contributed by atoms with Crippen molar-refractivity contribution < 1.29 is 19.0 Å². The molecule has 1 N–H and O–H groups in total. The molecule has 0 bridgehead atoms. The van der Waals surface area contributed by atoms with Gasteiger partial charge in [0.05, 0.1) is 11.6 Å². The van der Waals surface area contributed by atoms with Crippen LogP contribution in [0.15, 0.2) is 18.2 Å². The van der Waals surface area contributed by atoms with E-state index in [1.807, 2.05) is 13.8 Å². The fourth-order valence-corrected chi connectivity index (χ4v) is 2.72. The molecule has 1 fully saturated rings. The zero-order valence-electron chi connectivity index (χ0n) is 14.0. The summed E-state index contributed by atoms with van der Waals surface area (Å²) >= 11 is 6.23. The molecule has 1 aliphatic carbocycles. The zero-order valence-corrected chi connectivity index (χ0v) is 14.8.